The molecular formula is C30H28ClFN4O5S. The number of benzene rings is 1. The number of furan rings is 1. The van der Waals surface area contributed by atoms with Gasteiger partial charge in [0.15, 0.2) is 0 Å². The molecule has 1 atom stereocenters. The van der Waals surface area contributed by atoms with Crippen LogP contribution in [0.4, 0.5) is 4.39 Å². The molecule has 2 fully saturated rings. The Balaban J connectivity index is 1.00. The molecule has 42 heavy (non-hydrogen) atoms. The first-order valence-corrected chi connectivity index (χ1v) is 15.1. The fourth-order valence-corrected chi connectivity index (χ4v) is 6.82. The maximum absolute atomic E-state index is 13.7. The topological polar surface area (TPSA) is 103 Å². The number of fused-ring (bicyclic) bond motifs is 2. The van der Waals surface area contributed by atoms with Crippen LogP contribution in [0.15, 0.2) is 46.9 Å². The van der Waals surface area contributed by atoms with Crippen LogP contribution in [-0.4, -0.2) is 56.3 Å². The van der Waals surface area contributed by atoms with Gasteiger partial charge in [-0.25, -0.2) is 14.8 Å². The van der Waals surface area contributed by atoms with Crippen molar-refractivity contribution in [3.63, 3.8) is 0 Å². The summed E-state index contributed by atoms with van der Waals surface area (Å²) >= 11 is 7.39. The number of hydrogen-bond donors (Lipinski definition) is 1. The van der Waals surface area contributed by atoms with Crippen LogP contribution in [0, 0.1) is 6.01 Å². The number of aromatic carboxylic acids is 1. The molecule has 0 amide bonds. The number of carbonyl (C=O) groups is 1. The fraction of sp³-hybridized carbons (Fsp3) is 0.367. The number of carboxylic acids is 1. The van der Waals surface area contributed by atoms with Gasteiger partial charge in [0.2, 0.25) is 5.88 Å². The predicted octanol–water partition coefficient (Wildman–Crippen LogP) is 6.48. The molecule has 2 aliphatic heterocycles. The molecule has 0 unspecified atom stereocenters. The Morgan fingerprint density at radius 3 is 2.76 bits per heavy atom. The molecule has 2 aliphatic rings. The van der Waals surface area contributed by atoms with E-state index in [1.165, 1.54) is 17.4 Å². The number of carboxylic acid groups (broad SMARTS) is 1. The summed E-state index contributed by atoms with van der Waals surface area (Å²) in [6.07, 6.45) is 3.04. The third kappa shape index (κ3) is 5.37. The quantitative estimate of drug-likeness (QED) is 0.202. The van der Waals surface area contributed by atoms with E-state index in [9.17, 15) is 14.3 Å². The Hall–Kier alpha value is -3.51. The van der Waals surface area contributed by atoms with Crippen molar-refractivity contribution < 1.29 is 28.2 Å². The smallest absolute Gasteiger partial charge is 0.346 e. The van der Waals surface area contributed by atoms with Gasteiger partial charge in [0.05, 0.1) is 29.7 Å². The molecule has 0 saturated carbocycles. The predicted molar refractivity (Wildman–Crippen MR) is 156 cm³/mol. The lowest BCUT2D eigenvalue weighted by atomic mass is 9.93. The number of ether oxygens (including phenoxy) is 2. The normalized spacial score (nSPS) is 18.1. The van der Waals surface area contributed by atoms with Crippen LogP contribution < -0.4 is 4.74 Å². The Morgan fingerprint density at radius 1 is 1.17 bits per heavy atom. The number of hydrogen-bond acceptors (Lipinski definition) is 8. The van der Waals surface area contributed by atoms with E-state index in [1.807, 2.05) is 18.2 Å². The molecule has 0 aliphatic carbocycles. The van der Waals surface area contributed by atoms with Crippen molar-refractivity contribution in [3.05, 3.63) is 75.5 Å². The summed E-state index contributed by atoms with van der Waals surface area (Å²) in [6, 6.07) is 11.6. The zero-order valence-corrected chi connectivity index (χ0v) is 24.2. The van der Waals surface area contributed by atoms with Crippen molar-refractivity contribution in [1.29, 1.82) is 0 Å². The number of imidazole rings is 1. The first kappa shape index (κ1) is 27.3. The van der Waals surface area contributed by atoms with Crippen LogP contribution in [0.1, 0.15) is 51.9 Å². The van der Waals surface area contributed by atoms with Gasteiger partial charge in [-0.2, -0.15) is 4.39 Å². The van der Waals surface area contributed by atoms with Gasteiger partial charge >= 0.3 is 5.97 Å². The maximum Gasteiger partial charge on any atom is 0.346 e. The molecule has 218 valence electrons. The lowest BCUT2D eigenvalue weighted by molar-refractivity contribution is -0.0592. The van der Waals surface area contributed by atoms with Crippen LogP contribution >= 0.6 is 22.9 Å². The zero-order valence-electron chi connectivity index (χ0n) is 22.6. The number of rotatable bonds is 9. The van der Waals surface area contributed by atoms with Crippen LogP contribution in [0.3, 0.4) is 0 Å². The second-order valence-electron chi connectivity index (χ2n) is 10.8. The highest BCUT2D eigenvalue weighted by molar-refractivity contribution is 7.20. The van der Waals surface area contributed by atoms with E-state index >= 15 is 0 Å². The SMILES string of the molecule is O=C(O)c1cc2c(nc(CN3CCC(c4cccc(OCc5ccc(Cl)c6cc(F)oc56)n4)CC3)n2C[C@@H]2CCO2)s1. The van der Waals surface area contributed by atoms with Gasteiger partial charge in [-0.05, 0) is 50.6 Å². The zero-order chi connectivity index (χ0) is 28.8. The minimum atomic E-state index is -0.925. The van der Waals surface area contributed by atoms with E-state index in [-0.39, 0.29) is 12.7 Å². The van der Waals surface area contributed by atoms with Crippen molar-refractivity contribution in [2.45, 2.75) is 51.0 Å². The van der Waals surface area contributed by atoms with Gasteiger partial charge in [-0.1, -0.05) is 23.7 Å². The van der Waals surface area contributed by atoms with Crippen LogP contribution in [0.5, 0.6) is 5.88 Å². The molecule has 0 radical (unpaired) electrons. The second-order valence-corrected chi connectivity index (χ2v) is 12.2. The first-order chi connectivity index (χ1) is 20.4. The molecule has 0 spiro atoms. The maximum atomic E-state index is 13.7. The summed E-state index contributed by atoms with van der Waals surface area (Å²) in [5.41, 5.74) is 2.93. The fourth-order valence-electron chi connectivity index (χ4n) is 5.73. The standard InChI is InChI=1S/C30H28ClFN4O5S/c31-21-5-4-18(28-20(21)12-25(32)41-28)16-40-27-3-1-2-22(33-27)17-6-9-35(10-7-17)15-26-34-29-23(13-24(42-29)30(37)38)36(26)14-19-8-11-39-19/h1-5,12-13,17,19H,6-11,14-16H2,(H,37,38)/t19-/m0/s1. The summed E-state index contributed by atoms with van der Waals surface area (Å²) in [7, 11) is 0. The molecule has 2 saturated heterocycles. The summed E-state index contributed by atoms with van der Waals surface area (Å²) < 4.78 is 32.7. The minimum Gasteiger partial charge on any atom is -0.477 e. The van der Waals surface area contributed by atoms with E-state index in [1.54, 1.807) is 18.2 Å². The summed E-state index contributed by atoms with van der Waals surface area (Å²) in [6.45, 7) is 4.12. The van der Waals surface area contributed by atoms with Crippen molar-refractivity contribution in [3.8, 4) is 5.88 Å². The van der Waals surface area contributed by atoms with Gasteiger partial charge in [0.25, 0.3) is 6.01 Å². The average Bonchev–Trinajstić information content (AvgIpc) is 3.64. The molecule has 0 bridgehead atoms. The Morgan fingerprint density at radius 2 is 2.00 bits per heavy atom. The molecule has 4 aromatic heterocycles. The summed E-state index contributed by atoms with van der Waals surface area (Å²) in [5, 5.41) is 10.4. The van der Waals surface area contributed by atoms with Crippen molar-refractivity contribution >= 4 is 50.2 Å². The van der Waals surface area contributed by atoms with Gasteiger partial charge in [0.1, 0.15) is 27.7 Å². The van der Waals surface area contributed by atoms with Crippen molar-refractivity contribution in [2.24, 2.45) is 0 Å². The third-order valence-corrected chi connectivity index (χ3v) is 9.43. The highest BCUT2D eigenvalue weighted by Gasteiger charge is 2.27. The lowest BCUT2D eigenvalue weighted by Crippen LogP contribution is -2.35. The van der Waals surface area contributed by atoms with Crippen LogP contribution in [0.25, 0.3) is 21.3 Å². The molecule has 6 heterocycles. The molecule has 9 nitrogen and oxygen atoms in total. The molecule has 7 rings (SSSR count). The van der Waals surface area contributed by atoms with E-state index in [0.29, 0.717) is 51.3 Å². The van der Waals surface area contributed by atoms with E-state index in [4.69, 9.17) is 35.5 Å². The average molecular weight is 611 g/mol. The molecule has 1 aromatic carbocycles. The highest BCUT2D eigenvalue weighted by atomic mass is 35.5. The summed E-state index contributed by atoms with van der Waals surface area (Å²) in [5.74, 6) is 0.830. The second kappa shape index (κ2) is 11.3. The van der Waals surface area contributed by atoms with Gasteiger partial charge in [0, 0.05) is 41.3 Å². The molecule has 1 N–H and O–H groups in total. The monoisotopic (exact) mass is 610 g/mol. The van der Waals surface area contributed by atoms with Crippen LogP contribution in [0.2, 0.25) is 5.02 Å². The molecular weight excluding hydrogens is 583 g/mol. The van der Waals surface area contributed by atoms with Crippen molar-refractivity contribution in [1.82, 2.24) is 19.4 Å². The number of halogens is 2. The number of nitrogens with zero attached hydrogens (tertiary/aromatic N) is 4. The Kier molecular flexibility index (Phi) is 7.35. The lowest BCUT2D eigenvalue weighted by Gasteiger charge is -2.32. The largest absolute Gasteiger partial charge is 0.477 e. The van der Waals surface area contributed by atoms with E-state index in [2.05, 4.69) is 9.47 Å². The number of thiophene rings is 1. The summed E-state index contributed by atoms with van der Waals surface area (Å²) in [4.78, 5) is 24.6. The van der Waals surface area contributed by atoms with Gasteiger partial charge in [-0.15, -0.1) is 11.3 Å². The Labute approximate surface area is 249 Å². The highest BCUT2D eigenvalue weighted by Crippen LogP contribution is 2.33. The third-order valence-electron chi connectivity index (χ3n) is 8.09. The number of pyridine rings is 1. The van der Waals surface area contributed by atoms with Gasteiger partial charge in [-0.3, -0.25) is 4.90 Å². The number of aromatic nitrogens is 3. The van der Waals surface area contributed by atoms with E-state index in [0.717, 1.165) is 60.8 Å². The number of likely N-dealkylation sites (tertiary alicyclic amines) is 1. The van der Waals surface area contributed by atoms with Crippen LogP contribution in [-0.2, 0) is 24.4 Å². The molecule has 5 aromatic rings. The van der Waals surface area contributed by atoms with Crippen molar-refractivity contribution in [2.75, 3.05) is 19.7 Å². The first-order valence-electron chi connectivity index (χ1n) is 13.9. The van der Waals surface area contributed by atoms with E-state index < -0.39 is 12.0 Å². The number of piperidine rings is 1. The Bertz CT molecular complexity index is 1770. The molecule has 12 heteroatoms. The van der Waals surface area contributed by atoms with Gasteiger partial charge < -0.3 is 23.6 Å². The minimum absolute atomic E-state index is 0.145.